The molecular formula is C43H43N5O. The molecule has 0 unspecified atom stereocenters. The number of fused-ring (bicyclic) bond motifs is 3. The number of aromatic nitrogens is 4. The van der Waals surface area contributed by atoms with Gasteiger partial charge in [0.05, 0.1) is 22.9 Å². The molecule has 6 nitrogen and oxygen atoms in total. The maximum atomic E-state index is 6.54. The lowest BCUT2D eigenvalue weighted by Gasteiger charge is -2.20. The Morgan fingerprint density at radius 1 is 0.755 bits per heavy atom. The van der Waals surface area contributed by atoms with Crippen molar-refractivity contribution in [2.45, 2.75) is 53.4 Å². The Kier molecular flexibility index (Phi) is 8.16. The Morgan fingerprint density at radius 3 is 2.35 bits per heavy atom. The monoisotopic (exact) mass is 645 g/mol. The molecule has 0 atom stereocenters. The first-order valence-electron chi connectivity index (χ1n) is 17.6. The third kappa shape index (κ3) is 6.08. The fraction of sp³-hybridized carbons (Fsp3) is 0.256. The van der Waals surface area contributed by atoms with Gasteiger partial charge in [-0.2, -0.15) is 5.10 Å². The minimum absolute atomic E-state index is 0.656. The second-order valence-corrected chi connectivity index (χ2v) is 13.9. The summed E-state index contributed by atoms with van der Waals surface area (Å²) in [6.07, 6.45) is 10.8. The number of pyridine rings is 1. The number of hydrogen-bond donors (Lipinski definition) is 0. The van der Waals surface area contributed by atoms with E-state index in [1.54, 1.807) is 0 Å². The Balaban J connectivity index is 1.09. The highest BCUT2D eigenvalue weighted by Gasteiger charge is 2.18. The van der Waals surface area contributed by atoms with Crippen molar-refractivity contribution >= 4 is 27.5 Å². The molecule has 0 bridgehead atoms. The van der Waals surface area contributed by atoms with Crippen LogP contribution in [0.1, 0.15) is 49.8 Å². The third-order valence-electron chi connectivity index (χ3n) is 9.87. The van der Waals surface area contributed by atoms with Gasteiger partial charge in [0.25, 0.3) is 0 Å². The zero-order chi connectivity index (χ0) is 33.5. The zero-order valence-electron chi connectivity index (χ0n) is 28.9. The number of anilines is 1. The molecule has 4 heterocycles. The van der Waals surface area contributed by atoms with Gasteiger partial charge in [0.2, 0.25) is 0 Å². The number of rotatable bonds is 9. The molecule has 1 aliphatic rings. The van der Waals surface area contributed by atoms with Gasteiger partial charge >= 0.3 is 0 Å². The Morgan fingerprint density at radius 2 is 1.53 bits per heavy atom. The van der Waals surface area contributed by atoms with Gasteiger partial charge in [0.15, 0.2) is 0 Å². The largest absolute Gasteiger partial charge is 0.457 e. The van der Waals surface area contributed by atoms with Gasteiger partial charge < -0.3 is 9.64 Å². The first-order valence-corrected chi connectivity index (χ1v) is 17.6. The van der Waals surface area contributed by atoms with E-state index in [0.717, 1.165) is 65.5 Å². The van der Waals surface area contributed by atoms with E-state index in [9.17, 15) is 0 Å². The molecule has 4 aromatic carbocycles. The van der Waals surface area contributed by atoms with Crippen molar-refractivity contribution in [3.8, 4) is 34.1 Å². The molecule has 0 saturated carbocycles. The molecule has 1 fully saturated rings. The highest BCUT2D eigenvalue weighted by molar-refractivity contribution is 6.09. The predicted octanol–water partition coefficient (Wildman–Crippen LogP) is 10.6. The van der Waals surface area contributed by atoms with E-state index in [4.69, 9.17) is 14.8 Å². The van der Waals surface area contributed by atoms with Crippen molar-refractivity contribution in [1.29, 1.82) is 0 Å². The fourth-order valence-corrected chi connectivity index (χ4v) is 7.43. The van der Waals surface area contributed by atoms with Crippen LogP contribution in [0.5, 0.6) is 11.5 Å². The van der Waals surface area contributed by atoms with E-state index in [1.807, 2.05) is 35.3 Å². The number of ether oxygens (including phenoxy) is 1. The molecule has 246 valence electrons. The summed E-state index contributed by atoms with van der Waals surface area (Å²) in [5.74, 6) is 3.11. The maximum absolute atomic E-state index is 6.54. The summed E-state index contributed by atoms with van der Waals surface area (Å²) >= 11 is 0. The van der Waals surface area contributed by atoms with E-state index < -0.39 is 0 Å². The average Bonchev–Trinajstić information content (AvgIpc) is 3.87. The Bertz CT molecular complexity index is 2260. The van der Waals surface area contributed by atoms with Crippen molar-refractivity contribution in [3.05, 3.63) is 126 Å². The standard InChI is InChI=1S/C43H43N5O/c1-29(2)14-15-32-18-19-44-42(24-32)48-40-13-6-5-12-38(40)39-17-16-37(26-41(39)48)49-36-11-9-10-34(25-36)47-28-33(27-45-47)43-30(3)22-35(23-31(43)4)46-20-7-8-21-46/h5-6,9-13,16-19,22-29H,7-8,14-15,20-21H2,1-4H3. The molecule has 3 aromatic heterocycles. The molecule has 1 aliphatic heterocycles. The van der Waals surface area contributed by atoms with Crippen LogP contribution in [0.25, 0.3) is 44.4 Å². The number of benzene rings is 4. The summed E-state index contributed by atoms with van der Waals surface area (Å²) in [4.78, 5) is 7.33. The topological polar surface area (TPSA) is 48.1 Å². The zero-order valence-corrected chi connectivity index (χ0v) is 28.9. The second kappa shape index (κ2) is 12.9. The molecule has 0 N–H and O–H groups in total. The van der Waals surface area contributed by atoms with Gasteiger partial charge in [-0.05, 0) is 122 Å². The molecule has 0 spiro atoms. The quantitative estimate of drug-likeness (QED) is 0.157. The summed E-state index contributed by atoms with van der Waals surface area (Å²) in [6, 6.07) is 32.1. The van der Waals surface area contributed by atoms with Crippen molar-refractivity contribution in [1.82, 2.24) is 19.3 Å². The molecule has 49 heavy (non-hydrogen) atoms. The van der Waals surface area contributed by atoms with Gasteiger partial charge in [-0.1, -0.05) is 38.1 Å². The smallest absolute Gasteiger partial charge is 0.137 e. The first kappa shape index (κ1) is 30.9. The lowest BCUT2D eigenvalue weighted by Crippen LogP contribution is -2.17. The van der Waals surface area contributed by atoms with Crippen molar-refractivity contribution in [2.75, 3.05) is 18.0 Å². The highest BCUT2D eigenvalue weighted by Crippen LogP contribution is 2.36. The van der Waals surface area contributed by atoms with E-state index in [-0.39, 0.29) is 0 Å². The van der Waals surface area contributed by atoms with Gasteiger partial charge in [-0.3, -0.25) is 4.57 Å². The van der Waals surface area contributed by atoms with Crippen LogP contribution in [0.3, 0.4) is 0 Å². The maximum Gasteiger partial charge on any atom is 0.137 e. The van der Waals surface area contributed by atoms with Crippen LogP contribution >= 0.6 is 0 Å². The van der Waals surface area contributed by atoms with Crippen LogP contribution in [0.15, 0.2) is 110 Å². The Hall–Kier alpha value is -5.36. The summed E-state index contributed by atoms with van der Waals surface area (Å²) < 4.78 is 10.7. The minimum atomic E-state index is 0.656. The molecular weight excluding hydrogens is 603 g/mol. The summed E-state index contributed by atoms with van der Waals surface area (Å²) in [7, 11) is 0. The highest BCUT2D eigenvalue weighted by atomic mass is 16.5. The average molecular weight is 646 g/mol. The van der Waals surface area contributed by atoms with Crippen LogP contribution in [0.2, 0.25) is 0 Å². The van der Waals surface area contributed by atoms with Crippen LogP contribution in [0.4, 0.5) is 5.69 Å². The Labute approximate surface area is 288 Å². The first-order chi connectivity index (χ1) is 23.9. The lowest BCUT2D eigenvalue weighted by molar-refractivity contribution is 0.483. The van der Waals surface area contributed by atoms with E-state index >= 15 is 0 Å². The number of nitrogens with zero attached hydrogens (tertiary/aromatic N) is 5. The minimum Gasteiger partial charge on any atom is -0.457 e. The molecule has 1 saturated heterocycles. The summed E-state index contributed by atoms with van der Waals surface area (Å²) in [5.41, 5.74) is 10.7. The van der Waals surface area contributed by atoms with Gasteiger partial charge in [0, 0.05) is 59.6 Å². The molecule has 0 amide bonds. The van der Waals surface area contributed by atoms with Crippen LogP contribution < -0.4 is 9.64 Å². The summed E-state index contributed by atoms with van der Waals surface area (Å²) in [5, 5.41) is 7.15. The predicted molar refractivity (Wildman–Crippen MR) is 202 cm³/mol. The van der Waals surface area contributed by atoms with Gasteiger partial charge in [-0.15, -0.1) is 0 Å². The molecule has 6 heteroatoms. The van der Waals surface area contributed by atoms with Crippen LogP contribution in [-0.4, -0.2) is 32.4 Å². The fourth-order valence-electron chi connectivity index (χ4n) is 7.43. The molecule has 0 radical (unpaired) electrons. The van der Waals surface area contributed by atoms with Gasteiger partial charge in [0.1, 0.15) is 17.3 Å². The third-order valence-corrected chi connectivity index (χ3v) is 9.87. The van der Waals surface area contributed by atoms with Crippen molar-refractivity contribution in [3.63, 3.8) is 0 Å². The van der Waals surface area contributed by atoms with Crippen molar-refractivity contribution < 1.29 is 4.74 Å². The molecule has 8 rings (SSSR count). The lowest BCUT2D eigenvalue weighted by atomic mass is 9.97. The van der Waals surface area contributed by atoms with Crippen LogP contribution in [0, 0.1) is 19.8 Å². The van der Waals surface area contributed by atoms with Crippen molar-refractivity contribution in [2.24, 2.45) is 5.92 Å². The van der Waals surface area contributed by atoms with E-state index in [2.05, 4.69) is 116 Å². The number of para-hydroxylation sites is 1. The summed E-state index contributed by atoms with van der Waals surface area (Å²) in [6.45, 7) is 11.3. The number of hydrogen-bond acceptors (Lipinski definition) is 4. The normalized spacial score (nSPS) is 13.3. The molecule has 0 aliphatic carbocycles. The SMILES string of the molecule is Cc1cc(N2CCCC2)cc(C)c1-c1cnn(-c2cccc(Oc3ccc4c5ccccc5n(-c5cc(CCC(C)C)ccn5)c4c3)c2)c1. The number of aryl methyl sites for hydroxylation is 3. The molecule has 7 aromatic rings. The second-order valence-electron chi connectivity index (χ2n) is 13.9. The van der Waals surface area contributed by atoms with Crippen LogP contribution in [-0.2, 0) is 6.42 Å². The van der Waals surface area contributed by atoms with Gasteiger partial charge in [-0.25, -0.2) is 9.67 Å². The van der Waals surface area contributed by atoms with E-state index in [1.165, 1.54) is 51.6 Å². The van der Waals surface area contributed by atoms with E-state index in [0.29, 0.717) is 5.92 Å².